The number of benzene rings is 2. The first-order chi connectivity index (χ1) is 14.4. The van der Waals surface area contributed by atoms with E-state index in [2.05, 4.69) is 10.6 Å². The Morgan fingerprint density at radius 1 is 0.968 bits per heavy atom. The van der Waals surface area contributed by atoms with Gasteiger partial charge in [0.25, 0.3) is 5.91 Å². The van der Waals surface area contributed by atoms with Crippen LogP contribution in [0.3, 0.4) is 0 Å². The molecule has 9 heteroatoms. The maximum absolute atomic E-state index is 13.1. The van der Waals surface area contributed by atoms with Crippen LogP contribution in [-0.2, 0) is 15.7 Å². The van der Waals surface area contributed by atoms with Crippen LogP contribution >= 0.6 is 0 Å². The second-order valence-corrected chi connectivity index (χ2v) is 7.79. The Balaban J connectivity index is 2.27. The van der Waals surface area contributed by atoms with E-state index in [1.54, 1.807) is 32.9 Å². The maximum Gasteiger partial charge on any atom is 0.416 e. The van der Waals surface area contributed by atoms with Crippen molar-refractivity contribution in [1.29, 1.82) is 0 Å². The number of carbonyl (C=O) groups is 2. The van der Waals surface area contributed by atoms with Gasteiger partial charge in [0.1, 0.15) is 12.4 Å². The number of alkyl halides is 3. The number of ether oxygens (including phenoxy) is 2. The van der Waals surface area contributed by atoms with E-state index < -0.39 is 23.1 Å². The summed E-state index contributed by atoms with van der Waals surface area (Å²) < 4.78 is 49.7. The number of rotatable bonds is 7. The molecule has 0 aromatic heterocycles. The molecule has 2 aromatic rings. The van der Waals surface area contributed by atoms with Crippen LogP contribution in [0.2, 0.25) is 0 Å². The van der Waals surface area contributed by atoms with Crippen molar-refractivity contribution in [2.24, 2.45) is 5.41 Å². The van der Waals surface area contributed by atoms with Gasteiger partial charge in [-0.2, -0.15) is 13.2 Å². The molecule has 0 aliphatic rings. The molecule has 2 N–H and O–H groups in total. The normalized spacial score (nSPS) is 11.7. The first kappa shape index (κ1) is 24.2. The van der Waals surface area contributed by atoms with E-state index in [-0.39, 0.29) is 36.1 Å². The lowest BCUT2D eigenvalue weighted by atomic mass is 9.95. The van der Waals surface area contributed by atoms with E-state index in [1.165, 1.54) is 19.2 Å². The van der Waals surface area contributed by atoms with Crippen LogP contribution in [0.1, 0.15) is 36.7 Å². The van der Waals surface area contributed by atoms with E-state index >= 15 is 0 Å². The summed E-state index contributed by atoms with van der Waals surface area (Å²) in [4.78, 5) is 24.9. The molecule has 168 valence electrons. The third-order valence-electron chi connectivity index (χ3n) is 4.16. The van der Waals surface area contributed by atoms with Crippen molar-refractivity contribution in [2.45, 2.75) is 26.9 Å². The van der Waals surface area contributed by atoms with Gasteiger partial charge in [-0.15, -0.1) is 0 Å². The summed E-state index contributed by atoms with van der Waals surface area (Å²) in [7, 11) is 1.46. The lowest BCUT2D eigenvalue weighted by Gasteiger charge is -2.18. The summed E-state index contributed by atoms with van der Waals surface area (Å²) in [5, 5.41) is 5.17. The van der Waals surface area contributed by atoms with Crippen LogP contribution in [-0.4, -0.2) is 32.1 Å². The topological polar surface area (TPSA) is 76.7 Å². The van der Waals surface area contributed by atoms with Crippen molar-refractivity contribution in [3.8, 4) is 5.75 Å². The van der Waals surface area contributed by atoms with Crippen LogP contribution in [0.4, 0.5) is 24.5 Å². The predicted molar refractivity (Wildman–Crippen MR) is 111 cm³/mol. The summed E-state index contributed by atoms with van der Waals surface area (Å²) in [5.74, 6) is -0.810. The molecule has 0 fully saturated rings. The van der Waals surface area contributed by atoms with Gasteiger partial charge in [0.05, 0.1) is 17.9 Å². The van der Waals surface area contributed by atoms with Crippen molar-refractivity contribution in [1.82, 2.24) is 0 Å². The summed E-state index contributed by atoms with van der Waals surface area (Å²) in [6.07, 6.45) is -4.58. The maximum atomic E-state index is 13.1. The van der Waals surface area contributed by atoms with Crippen molar-refractivity contribution >= 4 is 23.2 Å². The molecule has 0 radical (unpaired) electrons. The number of carbonyl (C=O) groups excluding carboxylic acids is 2. The molecule has 2 aromatic carbocycles. The molecular formula is C22H25F3N2O4. The van der Waals surface area contributed by atoms with E-state index in [9.17, 15) is 22.8 Å². The van der Waals surface area contributed by atoms with Gasteiger partial charge in [-0.25, -0.2) is 0 Å². The Morgan fingerprint density at radius 3 is 2.29 bits per heavy atom. The molecule has 0 unspecified atom stereocenters. The average molecular weight is 438 g/mol. The molecule has 2 amide bonds. The van der Waals surface area contributed by atoms with Gasteiger partial charge < -0.3 is 20.1 Å². The Kier molecular flexibility index (Phi) is 7.67. The quantitative estimate of drug-likeness (QED) is 0.599. The van der Waals surface area contributed by atoms with Gasteiger partial charge in [0.2, 0.25) is 5.91 Å². The zero-order valence-electron chi connectivity index (χ0n) is 17.7. The van der Waals surface area contributed by atoms with Gasteiger partial charge in [0, 0.05) is 23.8 Å². The molecule has 0 atom stereocenters. The Morgan fingerprint density at radius 2 is 1.68 bits per heavy atom. The number of anilines is 2. The number of halogens is 3. The largest absolute Gasteiger partial charge is 0.489 e. The van der Waals surface area contributed by atoms with Crippen LogP contribution in [0.25, 0.3) is 0 Å². The number of nitrogens with one attached hydrogen (secondary N) is 2. The second kappa shape index (κ2) is 9.82. The molecule has 6 nitrogen and oxygen atoms in total. The van der Waals surface area contributed by atoms with Crippen LogP contribution in [0.15, 0.2) is 42.5 Å². The first-order valence-electron chi connectivity index (χ1n) is 9.47. The highest BCUT2D eigenvalue weighted by atomic mass is 19.4. The molecule has 31 heavy (non-hydrogen) atoms. The highest BCUT2D eigenvalue weighted by Gasteiger charge is 2.31. The van der Waals surface area contributed by atoms with Crippen molar-refractivity contribution < 1.29 is 32.2 Å². The SMILES string of the molecule is COCCOc1ccc(C(F)(F)F)cc1NC(=O)c1cccc(NC(=O)C(C)(C)C)c1. The van der Waals surface area contributed by atoms with E-state index in [0.29, 0.717) is 5.69 Å². The fourth-order valence-electron chi connectivity index (χ4n) is 2.42. The van der Waals surface area contributed by atoms with Gasteiger partial charge in [-0.1, -0.05) is 26.8 Å². The fraction of sp³-hybridized carbons (Fsp3) is 0.364. The minimum absolute atomic E-state index is 0.0792. The smallest absolute Gasteiger partial charge is 0.416 e. The number of amides is 2. The van der Waals surface area contributed by atoms with Crippen LogP contribution in [0.5, 0.6) is 5.75 Å². The summed E-state index contributed by atoms with van der Waals surface area (Å²) in [6.45, 7) is 5.57. The highest BCUT2D eigenvalue weighted by molar-refractivity contribution is 6.06. The Hall–Kier alpha value is -3.07. The molecule has 0 aliphatic carbocycles. The van der Waals surface area contributed by atoms with Crippen LogP contribution in [0, 0.1) is 5.41 Å². The third-order valence-corrected chi connectivity index (χ3v) is 4.16. The van der Waals surface area contributed by atoms with E-state index in [1.807, 2.05) is 0 Å². The fourth-order valence-corrected chi connectivity index (χ4v) is 2.42. The molecule has 0 heterocycles. The summed E-state index contributed by atoms with van der Waals surface area (Å²) in [5.41, 5.74) is -1.13. The minimum Gasteiger partial charge on any atom is -0.489 e. The van der Waals surface area contributed by atoms with Crippen molar-refractivity contribution in [2.75, 3.05) is 31.0 Å². The molecule has 2 rings (SSSR count). The van der Waals surface area contributed by atoms with E-state index in [4.69, 9.17) is 9.47 Å². The highest BCUT2D eigenvalue weighted by Crippen LogP contribution is 2.35. The zero-order valence-corrected chi connectivity index (χ0v) is 17.7. The first-order valence-corrected chi connectivity index (χ1v) is 9.47. The van der Waals surface area contributed by atoms with E-state index in [0.717, 1.165) is 18.2 Å². The third kappa shape index (κ3) is 6.99. The number of hydrogen-bond donors (Lipinski definition) is 2. The zero-order chi connectivity index (χ0) is 23.2. The molecule has 0 saturated heterocycles. The molecular weight excluding hydrogens is 413 g/mol. The monoisotopic (exact) mass is 438 g/mol. The van der Waals surface area contributed by atoms with Gasteiger partial charge >= 0.3 is 6.18 Å². The lowest BCUT2D eigenvalue weighted by Crippen LogP contribution is -2.27. The molecule has 0 bridgehead atoms. The lowest BCUT2D eigenvalue weighted by molar-refractivity contribution is -0.137. The van der Waals surface area contributed by atoms with Gasteiger partial charge in [0.15, 0.2) is 0 Å². The number of hydrogen-bond acceptors (Lipinski definition) is 4. The van der Waals surface area contributed by atoms with Crippen LogP contribution < -0.4 is 15.4 Å². The predicted octanol–water partition coefficient (Wildman–Crippen LogP) is 4.97. The standard InChI is InChI=1S/C22H25F3N2O4/c1-21(2,3)20(29)26-16-7-5-6-14(12-16)19(28)27-17-13-15(22(23,24)25)8-9-18(17)31-11-10-30-4/h5-9,12-13H,10-11H2,1-4H3,(H,26,29)(H,27,28). The second-order valence-electron chi connectivity index (χ2n) is 7.79. The van der Waals surface area contributed by atoms with Gasteiger partial charge in [-0.3, -0.25) is 9.59 Å². The Labute approximate surface area is 178 Å². The summed E-state index contributed by atoms with van der Waals surface area (Å²) in [6, 6.07) is 8.94. The number of methoxy groups -OCH3 is 1. The average Bonchev–Trinajstić information content (AvgIpc) is 2.68. The molecule has 0 saturated carbocycles. The van der Waals surface area contributed by atoms with Crippen molar-refractivity contribution in [3.05, 3.63) is 53.6 Å². The molecule has 0 spiro atoms. The van der Waals surface area contributed by atoms with Crippen molar-refractivity contribution in [3.63, 3.8) is 0 Å². The Bertz CT molecular complexity index is 937. The molecule has 0 aliphatic heterocycles. The summed E-state index contributed by atoms with van der Waals surface area (Å²) >= 11 is 0. The minimum atomic E-state index is -4.58. The van der Waals surface area contributed by atoms with Gasteiger partial charge in [-0.05, 0) is 36.4 Å².